The van der Waals surface area contributed by atoms with Gasteiger partial charge < -0.3 is 11.1 Å². The summed E-state index contributed by atoms with van der Waals surface area (Å²) in [6, 6.07) is 0. The van der Waals surface area contributed by atoms with Crippen molar-refractivity contribution in [3.05, 3.63) is 40.2 Å². The van der Waals surface area contributed by atoms with Crippen molar-refractivity contribution < 1.29 is 0 Å². The zero-order valence-corrected chi connectivity index (χ0v) is 14.7. The number of allylic oxidation sites excluding steroid dienone is 4. The molecule has 0 saturated carbocycles. The van der Waals surface area contributed by atoms with Crippen LogP contribution in [0.25, 0.3) is 11.2 Å². The Morgan fingerprint density at radius 1 is 1.43 bits per heavy atom. The number of halogens is 1. The Kier molecular flexibility index (Phi) is 3.73. The largest absolute Gasteiger partial charge is 0.383 e. The molecule has 0 bridgehead atoms. The maximum atomic E-state index is 6.32. The van der Waals surface area contributed by atoms with Crippen LogP contribution in [-0.2, 0) is 0 Å². The average molecular weight is 374 g/mol. The van der Waals surface area contributed by atoms with E-state index in [0.29, 0.717) is 17.7 Å². The maximum absolute atomic E-state index is 6.32. The second-order valence-corrected chi connectivity index (χ2v) is 7.17. The van der Waals surface area contributed by atoms with Gasteiger partial charge in [-0.2, -0.15) is 9.61 Å². The van der Waals surface area contributed by atoms with E-state index in [1.54, 1.807) is 4.52 Å². The van der Waals surface area contributed by atoms with Gasteiger partial charge in [-0.1, -0.05) is 25.2 Å². The molecule has 2 aromatic rings. The van der Waals surface area contributed by atoms with E-state index in [0.717, 1.165) is 40.9 Å². The molecule has 1 aliphatic heterocycles. The molecule has 0 radical (unpaired) electrons. The van der Waals surface area contributed by atoms with Crippen molar-refractivity contribution in [2.75, 3.05) is 18.8 Å². The van der Waals surface area contributed by atoms with Crippen LogP contribution >= 0.6 is 15.9 Å². The zero-order chi connectivity index (χ0) is 16.0. The molecule has 5 nitrogen and oxygen atoms in total. The number of piperidine rings is 1. The van der Waals surface area contributed by atoms with E-state index in [1.165, 1.54) is 12.0 Å². The minimum absolute atomic E-state index is 0.389. The average Bonchev–Trinajstić information content (AvgIpc) is 3.17. The summed E-state index contributed by atoms with van der Waals surface area (Å²) in [6.45, 7) is 4.20. The Morgan fingerprint density at radius 2 is 2.30 bits per heavy atom. The maximum Gasteiger partial charge on any atom is 0.165 e. The lowest BCUT2D eigenvalue weighted by atomic mass is 9.96. The van der Waals surface area contributed by atoms with Crippen LogP contribution < -0.4 is 11.1 Å². The first-order valence-corrected chi connectivity index (χ1v) is 8.88. The zero-order valence-electron chi connectivity index (χ0n) is 13.1. The normalized spacial score (nSPS) is 24.3. The Balaban J connectivity index is 1.87. The molecule has 2 unspecified atom stereocenters. The number of anilines is 1. The first-order chi connectivity index (χ1) is 11.1. The van der Waals surface area contributed by atoms with Gasteiger partial charge in [0.1, 0.15) is 5.82 Å². The molecule has 1 aliphatic carbocycles. The number of nitrogens with two attached hydrogens (primary N) is 1. The molecule has 3 heterocycles. The minimum Gasteiger partial charge on any atom is -0.383 e. The monoisotopic (exact) mass is 373 g/mol. The van der Waals surface area contributed by atoms with Crippen LogP contribution in [0, 0.1) is 5.92 Å². The molecule has 1 saturated heterocycles. The topological polar surface area (TPSA) is 68.2 Å². The third kappa shape index (κ3) is 2.50. The molecular formula is C17H20BrN5. The van der Waals surface area contributed by atoms with E-state index in [9.17, 15) is 0 Å². The number of nitrogens with one attached hydrogen (secondary N) is 1. The van der Waals surface area contributed by atoms with Crippen molar-refractivity contribution in [2.45, 2.75) is 25.7 Å². The highest BCUT2D eigenvalue weighted by Crippen LogP contribution is 2.35. The molecule has 1 fully saturated rings. The second kappa shape index (κ2) is 5.76. The van der Waals surface area contributed by atoms with Crippen LogP contribution in [0.4, 0.5) is 5.82 Å². The summed E-state index contributed by atoms with van der Waals surface area (Å²) in [4.78, 5) is 4.95. The Labute approximate surface area is 143 Å². The van der Waals surface area contributed by atoms with E-state index >= 15 is 0 Å². The predicted octanol–water partition coefficient (Wildman–Crippen LogP) is 3.13. The number of rotatable bonds is 2. The molecule has 120 valence electrons. The number of nitrogen functional groups attached to an aromatic ring is 1. The first-order valence-electron chi connectivity index (χ1n) is 8.09. The predicted molar refractivity (Wildman–Crippen MR) is 96.2 cm³/mol. The fourth-order valence-electron chi connectivity index (χ4n) is 3.40. The van der Waals surface area contributed by atoms with Crippen molar-refractivity contribution in [2.24, 2.45) is 5.92 Å². The van der Waals surface area contributed by atoms with Crippen LogP contribution in [0.3, 0.4) is 0 Å². The van der Waals surface area contributed by atoms with Gasteiger partial charge in [-0.25, -0.2) is 4.98 Å². The van der Waals surface area contributed by atoms with Gasteiger partial charge in [0.25, 0.3) is 0 Å². The van der Waals surface area contributed by atoms with Gasteiger partial charge in [-0.15, -0.1) is 0 Å². The lowest BCUT2D eigenvalue weighted by Gasteiger charge is -2.23. The van der Waals surface area contributed by atoms with Gasteiger partial charge in [0.05, 0.1) is 16.4 Å². The fraction of sp³-hybridized carbons (Fsp3) is 0.412. The van der Waals surface area contributed by atoms with E-state index in [-0.39, 0.29) is 0 Å². The summed E-state index contributed by atoms with van der Waals surface area (Å²) >= 11 is 3.63. The molecule has 2 aromatic heterocycles. The summed E-state index contributed by atoms with van der Waals surface area (Å²) in [6.07, 6.45) is 10.7. The van der Waals surface area contributed by atoms with Gasteiger partial charge in [-0.3, -0.25) is 0 Å². The van der Waals surface area contributed by atoms with E-state index in [4.69, 9.17) is 10.7 Å². The lowest BCUT2D eigenvalue weighted by Crippen LogP contribution is -2.29. The van der Waals surface area contributed by atoms with E-state index in [2.05, 4.69) is 51.5 Å². The first kappa shape index (κ1) is 14.9. The van der Waals surface area contributed by atoms with Gasteiger partial charge >= 0.3 is 0 Å². The molecule has 23 heavy (non-hydrogen) atoms. The second-order valence-electron chi connectivity index (χ2n) is 6.37. The standard InChI is InChI=1S/C17H20BrN5/c1-10-4-5-11(7-10)13-9-21-23-16(19)14(18)15(22-17(13)23)12-3-2-6-20-8-12/h4-5,7,9-10,12,20H,2-3,6,8,19H2,1H3. The number of hydrogen-bond acceptors (Lipinski definition) is 4. The van der Waals surface area contributed by atoms with Crippen LogP contribution in [0.1, 0.15) is 36.9 Å². The van der Waals surface area contributed by atoms with Gasteiger partial charge in [0.2, 0.25) is 0 Å². The Bertz CT molecular complexity index is 814. The molecule has 0 aromatic carbocycles. The van der Waals surface area contributed by atoms with E-state index < -0.39 is 0 Å². The molecule has 6 heteroatoms. The third-order valence-electron chi connectivity index (χ3n) is 4.66. The summed E-state index contributed by atoms with van der Waals surface area (Å²) in [5.41, 5.74) is 10.4. The van der Waals surface area contributed by atoms with Crippen molar-refractivity contribution in [1.29, 1.82) is 0 Å². The molecule has 4 rings (SSSR count). The Morgan fingerprint density at radius 3 is 3.00 bits per heavy atom. The SMILES string of the molecule is CC1C=CC(c2cnn3c(N)c(Br)c(C4CCCNC4)nc23)=C1. The number of hydrogen-bond donors (Lipinski definition) is 2. The molecule has 0 amide bonds. The van der Waals surface area contributed by atoms with Crippen molar-refractivity contribution in [1.82, 2.24) is 19.9 Å². The van der Waals surface area contributed by atoms with Gasteiger partial charge in [0.15, 0.2) is 5.65 Å². The quantitative estimate of drug-likeness (QED) is 0.848. The van der Waals surface area contributed by atoms with Crippen molar-refractivity contribution in [3.8, 4) is 0 Å². The van der Waals surface area contributed by atoms with Crippen LogP contribution in [0.2, 0.25) is 0 Å². The lowest BCUT2D eigenvalue weighted by molar-refractivity contribution is 0.453. The summed E-state index contributed by atoms with van der Waals surface area (Å²) < 4.78 is 2.61. The van der Waals surface area contributed by atoms with Gasteiger partial charge in [-0.05, 0) is 46.8 Å². The molecule has 0 spiro atoms. The van der Waals surface area contributed by atoms with Gasteiger partial charge in [0, 0.05) is 18.0 Å². The number of aromatic nitrogens is 3. The highest BCUT2D eigenvalue weighted by molar-refractivity contribution is 9.10. The van der Waals surface area contributed by atoms with E-state index in [1.807, 2.05) is 6.20 Å². The molecule has 2 aliphatic rings. The summed E-state index contributed by atoms with van der Waals surface area (Å²) in [7, 11) is 0. The number of nitrogens with zero attached hydrogens (tertiary/aromatic N) is 3. The number of fused-ring (bicyclic) bond motifs is 1. The molecular weight excluding hydrogens is 354 g/mol. The van der Waals surface area contributed by atoms with Crippen molar-refractivity contribution in [3.63, 3.8) is 0 Å². The smallest absolute Gasteiger partial charge is 0.165 e. The van der Waals surface area contributed by atoms with Crippen LogP contribution in [0.15, 0.2) is 28.9 Å². The Hall–Kier alpha value is -1.66. The fourth-order valence-corrected chi connectivity index (χ4v) is 3.98. The highest BCUT2D eigenvalue weighted by atomic mass is 79.9. The minimum atomic E-state index is 0.389. The molecule has 2 atom stereocenters. The highest BCUT2D eigenvalue weighted by Gasteiger charge is 2.24. The van der Waals surface area contributed by atoms with Crippen molar-refractivity contribution >= 4 is 33.0 Å². The summed E-state index contributed by atoms with van der Waals surface area (Å²) in [5, 5.41) is 7.89. The third-order valence-corrected chi connectivity index (χ3v) is 5.48. The summed E-state index contributed by atoms with van der Waals surface area (Å²) in [5.74, 6) is 1.47. The molecule has 3 N–H and O–H groups in total. The van der Waals surface area contributed by atoms with Crippen LogP contribution in [0.5, 0.6) is 0 Å². The van der Waals surface area contributed by atoms with Crippen LogP contribution in [-0.4, -0.2) is 27.7 Å².